The molecule has 1 aliphatic heterocycles. The highest BCUT2D eigenvalue weighted by Crippen LogP contribution is 2.01. The summed E-state index contributed by atoms with van der Waals surface area (Å²) in [5.41, 5.74) is 0. The Morgan fingerprint density at radius 2 is 2.38 bits per heavy atom. The first-order valence-corrected chi connectivity index (χ1v) is 5.94. The maximum Gasteiger partial charge on any atom is 0.239 e. The van der Waals surface area contributed by atoms with Gasteiger partial charge in [0.2, 0.25) is 11.8 Å². The number of amides is 2. The molecule has 2 N–H and O–H groups in total. The van der Waals surface area contributed by atoms with E-state index in [-0.39, 0.29) is 24.4 Å². The molecular formula is C11H21N3O2. The number of rotatable bonds is 4. The van der Waals surface area contributed by atoms with Gasteiger partial charge in [-0.2, -0.15) is 0 Å². The van der Waals surface area contributed by atoms with Crippen molar-refractivity contribution in [3.63, 3.8) is 0 Å². The van der Waals surface area contributed by atoms with Crippen molar-refractivity contribution in [1.82, 2.24) is 15.5 Å². The Labute approximate surface area is 96.6 Å². The molecule has 5 nitrogen and oxygen atoms in total. The molecule has 1 saturated heterocycles. The van der Waals surface area contributed by atoms with E-state index in [1.54, 1.807) is 4.90 Å². The summed E-state index contributed by atoms with van der Waals surface area (Å²) >= 11 is 0. The lowest BCUT2D eigenvalue weighted by Crippen LogP contribution is -2.46. The number of carbonyl (C=O) groups excluding carboxylic acids is 2. The first kappa shape index (κ1) is 13.0. The third-order valence-corrected chi connectivity index (χ3v) is 2.64. The molecule has 1 fully saturated rings. The zero-order chi connectivity index (χ0) is 12.0. The molecule has 0 aromatic heterocycles. The molecule has 2 amide bonds. The minimum atomic E-state index is -0.179. The summed E-state index contributed by atoms with van der Waals surface area (Å²) in [5, 5.41) is 5.90. The summed E-state index contributed by atoms with van der Waals surface area (Å²) in [6.07, 6.45) is 1.81. The van der Waals surface area contributed by atoms with Gasteiger partial charge < -0.3 is 15.5 Å². The van der Waals surface area contributed by atoms with Crippen molar-refractivity contribution < 1.29 is 9.59 Å². The Hall–Kier alpha value is -1.10. The molecule has 0 radical (unpaired) electrons. The maximum atomic E-state index is 11.8. The van der Waals surface area contributed by atoms with E-state index in [1.165, 1.54) is 0 Å². The fraction of sp³-hybridized carbons (Fsp3) is 0.818. The van der Waals surface area contributed by atoms with Crippen molar-refractivity contribution in [2.45, 2.75) is 32.7 Å². The highest BCUT2D eigenvalue weighted by Gasteiger charge is 2.24. The van der Waals surface area contributed by atoms with Crippen molar-refractivity contribution in [2.75, 3.05) is 26.2 Å². The van der Waals surface area contributed by atoms with Gasteiger partial charge in [0.25, 0.3) is 0 Å². The van der Waals surface area contributed by atoms with Crippen molar-refractivity contribution in [1.29, 1.82) is 0 Å². The normalized spacial score (nSPS) is 21.8. The second kappa shape index (κ2) is 6.48. The largest absolute Gasteiger partial charge is 0.355 e. The van der Waals surface area contributed by atoms with Crippen LogP contribution in [0.25, 0.3) is 0 Å². The molecular weight excluding hydrogens is 206 g/mol. The first-order valence-electron chi connectivity index (χ1n) is 5.94. The van der Waals surface area contributed by atoms with Gasteiger partial charge in [0, 0.05) is 13.1 Å². The van der Waals surface area contributed by atoms with Crippen LogP contribution in [0.1, 0.15) is 26.7 Å². The smallest absolute Gasteiger partial charge is 0.239 e. The summed E-state index contributed by atoms with van der Waals surface area (Å²) < 4.78 is 0. The number of carbonyl (C=O) groups is 2. The lowest BCUT2D eigenvalue weighted by Gasteiger charge is -2.21. The molecule has 1 unspecified atom stereocenters. The van der Waals surface area contributed by atoms with Crippen molar-refractivity contribution in [3.05, 3.63) is 0 Å². The zero-order valence-corrected chi connectivity index (χ0v) is 10.1. The topological polar surface area (TPSA) is 61.4 Å². The number of nitrogens with one attached hydrogen (secondary N) is 2. The highest BCUT2D eigenvalue weighted by atomic mass is 16.2. The van der Waals surface area contributed by atoms with Gasteiger partial charge in [-0.1, -0.05) is 6.92 Å². The Bertz CT molecular complexity index is 256. The standard InChI is InChI=1S/C11H21N3O2/c1-3-5-13-10(15)8-14-7-4-6-12-9(2)11(14)16/h9,12H,3-8H2,1-2H3,(H,13,15). The molecule has 92 valence electrons. The predicted molar refractivity (Wildman–Crippen MR) is 62.0 cm³/mol. The van der Waals surface area contributed by atoms with Crippen LogP contribution < -0.4 is 10.6 Å². The molecule has 1 atom stereocenters. The quantitative estimate of drug-likeness (QED) is 0.694. The highest BCUT2D eigenvalue weighted by molar-refractivity contribution is 5.87. The third kappa shape index (κ3) is 3.81. The van der Waals surface area contributed by atoms with Gasteiger partial charge in [-0.25, -0.2) is 0 Å². The monoisotopic (exact) mass is 227 g/mol. The maximum absolute atomic E-state index is 11.8. The molecule has 0 saturated carbocycles. The Kier molecular flexibility index (Phi) is 5.25. The first-order chi connectivity index (χ1) is 7.65. The number of nitrogens with zero attached hydrogens (tertiary/aromatic N) is 1. The molecule has 0 aromatic carbocycles. The molecule has 16 heavy (non-hydrogen) atoms. The average Bonchev–Trinajstić information content (AvgIpc) is 2.42. The second-order valence-electron chi connectivity index (χ2n) is 4.14. The SMILES string of the molecule is CCCNC(=O)CN1CCCNC(C)C1=O. The minimum Gasteiger partial charge on any atom is -0.355 e. The van der Waals surface area contributed by atoms with E-state index in [0.29, 0.717) is 13.1 Å². The van der Waals surface area contributed by atoms with E-state index in [0.717, 1.165) is 19.4 Å². The van der Waals surface area contributed by atoms with Gasteiger partial charge in [0.05, 0.1) is 12.6 Å². The van der Waals surface area contributed by atoms with Crippen LogP contribution in [0.2, 0.25) is 0 Å². The Morgan fingerprint density at radius 1 is 1.62 bits per heavy atom. The zero-order valence-electron chi connectivity index (χ0n) is 10.1. The van der Waals surface area contributed by atoms with Gasteiger partial charge in [-0.3, -0.25) is 9.59 Å². The van der Waals surface area contributed by atoms with Gasteiger partial charge >= 0.3 is 0 Å². The Morgan fingerprint density at radius 3 is 3.06 bits per heavy atom. The van der Waals surface area contributed by atoms with E-state index in [1.807, 2.05) is 13.8 Å². The van der Waals surface area contributed by atoms with Crippen LogP contribution in [0.5, 0.6) is 0 Å². The fourth-order valence-electron chi connectivity index (χ4n) is 1.71. The molecule has 0 spiro atoms. The van der Waals surface area contributed by atoms with E-state index in [4.69, 9.17) is 0 Å². The van der Waals surface area contributed by atoms with E-state index < -0.39 is 0 Å². The van der Waals surface area contributed by atoms with Crippen molar-refractivity contribution in [2.24, 2.45) is 0 Å². The van der Waals surface area contributed by atoms with Gasteiger partial charge in [-0.15, -0.1) is 0 Å². The summed E-state index contributed by atoms with van der Waals surface area (Å²) in [4.78, 5) is 25.0. The number of hydrogen-bond donors (Lipinski definition) is 2. The third-order valence-electron chi connectivity index (χ3n) is 2.64. The van der Waals surface area contributed by atoms with Crippen LogP contribution in [-0.2, 0) is 9.59 Å². The molecule has 1 aliphatic rings. The van der Waals surface area contributed by atoms with Crippen LogP contribution in [0.15, 0.2) is 0 Å². The Balaban J connectivity index is 2.44. The van der Waals surface area contributed by atoms with Crippen molar-refractivity contribution >= 4 is 11.8 Å². The van der Waals surface area contributed by atoms with Crippen LogP contribution in [0.3, 0.4) is 0 Å². The summed E-state index contributed by atoms with van der Waals surface area (Å²) in [7, 11) is 0. The van der Waals surface area contributed by atoms with Crippen LogP contribution in [0, 0.1) is 0 Å². The predicted octanol–water partition coefficient (Wildman–Crippen LogP) is -0.277. The minimum absolute atomic E-state index is 0.0177. The lowest BCUT2D eigenvalue weighted by molar-refractivity contribution is -0.136. The molecule has 1 rings (SSSR count). The van der Waals surface area contributed by atoms with Crippen LogP contribution >= 0.6 is 0 Å². The summed E-state index contributed by atoms with van der Waals surface area (Å²) in [6.45, 7) is 6.20. The van der Waals surface area contributed by atoms with Crippen LogP contribution in [0.4, 0.5) is 0 Å². The van der Waals surface area contributed by atoms with Gasteiger partial charge in [0.1, 0.15) is 0 Å². The molecule has 0 bridgehead atoms. The second-order valence-corrected chi connectivity index (χ2v) is 4.14. The average molecular weight is 227 g/mol. The summed E-state index contributed by atoms with van der Waals surface area (Å²) in [6, 6.07) is -0.179. The van der Waals surface area contributed by atoms with Crippen LogP contribution in [-0.4, -0.2) is 48.9 Å². The van der Waals surface area contributed by atoms with Crippen molar-refractivity contribution in [3.8, 4) is 0 Å². The van der Waals surface area contributed by atoms with Gasteiger partial charge in [-0.05, 0) is 26.3 Å². The number of hydrogen-bond acceptors (Lipinski definition) is 3. The van der Waals surface area contributed by atoms with E-state index in [9.17, 15) is 9.59 Å². The molecule has 0 aliphatic carbocycles. The lowest BCUT2D eigenvalue weighted by atomic mass is 10.3. The summed E-state index contributed by atoms with van der Waals surface area (Å²) in [5.74, 6) is -0.0477. The molecule has 1 heterocycles. The van der Waals surface area contributed by atoms with Gasteiger partial charge in [0.15, 0.2) is 0 Å². The molecule has 0 aromatic rings. The van der Waals surface area contributed by atoms with E-state index in [2.05, 4.69) is 10.6 Å². The fourth-order valence-corrected chi connectivity index (χ4v) is 1.71. The molecule has 5 heteroatoms. The van der Waals surface area contributed by atoms with E-state index >= 15 is 0 Å².